The third-order valence-corrected chi connectivity index (χ3v) is 4.36. The van der Waals surface area contributed by atoms with Crippen molar-refractivity contribution >= 4 is 38.8 Å². The number of phenolic OH excluding ortho intramolecular Hbond substituents is 1. The minimum absolute atomic E-state index is 0.0787. The second-order valence-corrected chi connectivity index (χ2v) is 6.10. The lowest BCUT2D eigenvalue weighted by Crippen LogP contribution is -2.14. The van der Waals surface area contributed by atoms with Gasteiger partial charge in [-0.05, 0) is 19.1 Å². The lowest BCUT2D eigenvalue weighted by Gasteiger charge is -2.09. The number of nitriles is 1. The molecule has 3 N–H and O–H groups in total. The Kier molecular flexibility index (Phi) is 4.64. The highest BCUT2D eigenvalue weighted by molar-refractivity contribution is 7.13. The van der Waals surface area contributed by atoms with E-state index in [9.17, 15) is 15.2 Å². The van der Waals surface area contributed by atoms with Crippen LogP contribution in [-0.2, 0) is 4.79 Å². The third kappa shape index (κ3) is 3.59. The van der Waals surface area contributed by atoms with Crippen molar-refractivity contribution in [2.24, 2.45) is 0 Å². The van der Waals surface area contributed by atoms with E-state index in [4.69, 9.17) is 0 Å². The molecule has 25 heavy (non-hydrogen) atoms. The van der Waals surface area contributed by atoms with Crippen molar-refractivity contribution in [2.75, 3.05) is 10.6 Å². The fraction of sp³-hybridized carbons (Fsp3) is 0.0556. The number of benzene rings is 2. The van der Waals surface area contributed by atoms with Gasteiger partial charge in [0.1, 0.15) is 17.4 Å². The molecule has 6 nitrogen and oxygen atoms in total. The molecule has 0 atom stereocenters. The van der Waals surface area contributed by atoms with Gasteiger partial charge >= 0.3 is 0 Å². The number of nitrogens with one attached hydrogen (secondary N) is 2. The van der Waals surface area contributed by atoms with Crippen LogP contribution in [0.4, 0.5) is 10.8 Å². The average molecular weight is 350 g/mol. The van der Waals surface area contributed by atoms with E-state index >= 15 is 0 Å². The van der Waals surface area contributed by atoms with Crippen LogP contribution in [0, 0.1) is 18.3 Å². The van der Waals surface area contributed by atoms with Crippen molar-refractivity contribution in [2.45, 2.75) is 6.92 Å². The number of aryl methyl sites for hydroxylation is 1. The molecule has 7 heteroatoms. The molecule has 0 bridgehead atoms. The van der Waals surface area contributed by atoms with Crippen molar-refractivity contribution in [3.63, 3.8) is 0 Å². The van der Waals surface area contributed by atoms with Crippen molar-refractivity contribution in [1.29, 1.82) is 5.26 Å². The van der Waals surface area contributed by atoms with E-state index in [1.165, 1.54) is 17.5 Å². The minimum Gasteiger partial charge on any atom is -0.507 e. The van der Waals surface area contributed by atoms with Crippen LogP contribution in [0.15, 0.2) is 53.6 Å². The third-order valence-electron chi connectivity index (χ3n) is 3.47. The summed E-state index contributed by atoms with van der Waals surface area (Å²) in [5.41, 5.74) is 1.30. The molecule has 1 aromatic heterocycles. The fourth-order valence-electron chi connectivity index (χ4n) is 2.29. The standard InChI is InChI=1S/C18H14N4O2S/c1-11-10-25-18(21-11)20-9-12(8-19)17(24)22-15-6-2-5-14-13(15)4-3-7-16(14)23/h2-7,9-10,23H,1H3,(H,20,21)(H,22,24)/b12-9-. The number of aromatic hydroxyl groups is 1. The molecule has 0 saturated heterocycles. The molecule has 0 radical (unpaired) electrons. The summed E-state index contributed by atoms with van der Waals surface area (Å²) >= 11 is 1.39. The van der Waals surface area contributed by atoms with E-state index in [0.717, 1.165) is 5.69 Å². The number of thiazole rings is 1. The Morgan fingerprint density at radius 2 is 2.04 bits per heavy atom. The summed E-state index contributed by atoms with van der Waals surface area (Å²) in [6.45, 7) is 1.86. The van der Waals surface area contributed by atoms with Gasteiger partial charge in [-0.3, -0.25) is 4.79 Å². The Bertz CT molecular complexity index is 1020. The van der Waals surface area contributed by atoms with Crippen LogP contribution in [-0.4, -0.2) is 16.0 Å². The van der Waals surface area contributed by atoms with Crippen LogP contribution in [0.5, 0.6) is 5.75 Å². The van der Waals surface area contributed by atoms with Crippen LogP contribution in [0.3, 0.4) is 0 Å². The van der Waals surface area contributed by atoms with E-state index < -0.39 is 5.91 Å². The number of carbonyl (C=O) groups is 1. The number of hydrogen-bond donors (Lipinski definition) is 3. The summed E-state index contributed by atoms with van der Waals surface area (Å²) in [6.07, 6.45) is 1.33. The predicted molar refractivity (Wildman–Crippen MR) is 98.4 cm³/mol. The first-order chi connectivity index (χ1) is 12.1. The van der Waals surface area contributed by atoms with E-state index in [0.29, 0.717) is 21.6 Å². The summed E-state index contributed by atoms with van der Waals surface area (Å²) < 4.78 is 0. The van der Waals surface area contributed by atoms with Crippen molar-refractivity contribution in [3.8, 4) is 11.8 Å². The largest absolute Gasteiger partial charge is 0.507 e. The van der Waals surface area contributed by atoms with Crippen LogP contribution in [0.25, 0.3) is 10.8 Å². The molecule has 0 fully saturated rings. The van der Waals surface area contributed by atoms with Crippen LogP contribution in [0.2, 0.25) is 0 Å². The van der Waals surface area contributed by atoms with E-state index in [2.05, 4.69) is 15.6 Å². The molecule has 3 aromatic rings. The Morgan fingerprint density at radius 3 is 2.76 bits per heavy atom. The Balaban J connectivity index is 1.83. The molecule has 0 unspecified atom stereocenters. The maximum atomic E-state index is 12.4. The molecule has 0 aliphatic heterocycles. The maximum absolute atomic E-state index is 12.4. The summed E-state index contributed by atoms with van der Waals surface area (Å²) in [7, 11) is 0. The summed E-state index contributed by atoms with van der Waals surface area (Å²) in [6, 6.07) is 12.1. The molecule has 1 amide bonds. The highest BCUT2D eigenvalue weighted by Crippen LogP contribution is 2.30. The Hall–Kier alpha value is -3.37. The molecular formula is C18H14N4O2S. The first-order valence-corrected chi connectivity index (χ1v) is 8.27. The molecule has 3 rings (SSSR count). The van der Waals surface area contributed by atoms with Crippen molar-refractivity contribution in [3.05, 3.63) is 59.2 Å². The van der Waals surface area contributed by atoms with Gasteiger partial charge in [0.05, 0.1) is 5.69 Å². The second kappa shape index (κ2) is 7.03. The monoisotopic (exact) mass is 350 g/mol. The van der Waals surface area contributed by atoms with Crippen LogP contribution >= 0.6 is 11.3 Å². The lowest BCUT2D eigenvalue weighted by atomic mass is 10.1. The Morgan fingerprint density at radius 1 is 1.28 bits per heavy atom. The van der Waals surface area contributed by atoms with Gasteiger partial charge in [0.25, 0.3) is 5.91 Å². The molecule has 0 aliphatic carbocycles. The molecule has 0 spiro atoms. The predicted octanol–water partition coefficient (Wildman–Crippen LogP) is 3.77. The fourth-order valence-corrected chi connectivity index (χ4v) is 2.95. The minimum atomic E-state index is -0.542. The topological polar surface area (TPSA) is 98.0 Å². The second-order valence-electron chi connectivity index (χ2n) is 5.24. The van der Waals surface area contributed by atoms with E-state index in [-0.39, 0.29) is 11.3 Å². The molecular weight excluding hydrogens is 336 g/mol. The molecule has 124 valence electrons. The number of anilines is 2. The number of rotatable bonds is 4. The number of carbonyl (C=O) groups excluding carboxylic acids is 1. The van der Waals surface area contributed by atoms with Gasteiger partial charge in [0, 0.05) is 28.0 Å². The smallest absolute Gasteiger partial charge is 0.267 e. The van der Waals surface area contributed by atoms with Crippen LogP contribution in [0.1, 0.15) is 5.69 Å². The number of hydrogen-bond acceptors (Lipinski definition) is 6. The van der Waals surface area contributed by atoms with Gasteiger partial charge in [-0.25, -0.2) is 4.98 Å². The van der Waals surface area contributed by atoms with Gasteiger partial charge in [0.2, 0.25) is 0 Å². The zero-order chi connectivity index (χ0) is 17.8. The Labute approximate surface area is 148 Å². The normalized spacial score (nSPS) is 11.1. The first-order valence-electron chi connectivity index (χ1n) is 7.39. The van der Waals surface area contributed by atoms with Crippen molar-refractivity contribution in [1.82, 2.24) is 4.98 Å². The van der Waals surface area contributed by atoms with Crippen LogP contribution < -0.4 is 10.6 Å². The van der Waals surface area contributed by atoms with E-state index in [1.807, 2.05) is 18.4 Å². The van der Waals surface area contributed by atoms with Gasteiger partial charge in [0.15, 0.2) is 5.13 Å². The molecule has 0 aliphatic rings. The van der Waals surface area contributed by atoms with Gasteiger partial charge < -0.3 is 15.7 Å². The number of aromatic nitrogens is 1. The van der Waals surface area contributed by atoms with Crippen molar-refractivity contribution < 1.29 is 9.90 Å². The molecule has 0 saturated carbocycles. The number of phenols is 1. The quantitative estimate of drug-likeness (QED) is 0.491. The van der Waals surface area contributed by atoms with Gasteiger partial charge in [-0.1, -0.05) is 24.3 Å². The maximum Gasteiger partial charge on any atom is 0.267 e. The number of nitrogens with zero attached hydrogens (tertiary/aromatic N) is 2. The number of amides is 1. The zero-order valence-corrected chi connectivity index (χ0v) is 14.1. The summed E-state index contributed by atoms with van der Waals surface area (Å²) in [5, 5.41) is 28.5. The summed E-state index contributed by atoms with van der Waals surface area (Å²) in [4.78, 5) is 16.6. The highest BCUT2D eigenvalue weighted by atomic mass is 32.1. The first kappa shape index (κ1) is 16.5. The zero-order valence-electron chi connectivity index (χ0n) is 13.3. The average Bonchev–Trinajstić information content (AvgIpc) is 3.02. The summed E-state index contributed by atoms with van der Waals surface area (Å²) in [5.74, 6) is -0.412. The van der Waals surface area contributed by atoms with Gasteiger partial charge in [-0.15, -0.1) is 11.3 Å². The highest BCUT2D eigenvalue weighted by Gasteiger charge is 2.12. The molecule has 2 aromatic carbocycles. The lowest BCUT2D eigenvalue weighted by molar-refractivity contribution is -0.112. The SMILES string of the molecule is Cc1csc(N/C=C(/C#N)C(=O)Nc2cccc3c(O)cccc23)n1. The van der Waals surface area contributed by atoms with E-state index in [1.54, 1.807) is 36.4 Å². The van der Waals surface area contributed by atoms with Gasteiger partial charge in [-0.2, -0.15) is 5.26 Å². The number of fused-ring (bicyclic) bond motifs is 1. The molecule has 1 heterocycles.